The van der Waals surface area contributed by atoms with Crippen LogP contribution in [0.3, 0.4) is 0 Å². The van der Waals surface area contributed by atoms with Crippen molar-refractivity contribution in [3.8, 4) is 0 Å². The Morgan fingerprint density at radius 2 is 1.69 bits per heavy atom. The summed E-state index contributed by atoms with van der Waals surface area (Å²) in [7, 11) is -4.03. The van der Waals surface area contributed by atoms with Gasteiger partial charge in [-0.15, -0.1) is 0 Å². The fraction of sp³-hybridized carbons (Fsp3) is 0.400. The van der Waals surface area contributed by atoms with E-state index in [4.69, 9.17) is 10.2 Å². The van der Waals surface area contributed by atoms with Crippen LogP contribution in [0.2, 0.25) is 0 Å². The van der Waals surface area contributed by atoms with Crippen molar-refractivity contribution in [1.29, 1.82) is 0 Å². The summed E-state index contributed by atoms with van der Waals surface area (Å²) in [5.74, 6) is 0. The highest BCUT2D eigenvalue weighted by Gasteiger charge is 2.22. The van der Waals surface area contributed by atoms with Crippen LogP contribution >= 0.6 is 0 Å². The summed E-state index contributed by atoms with van der Waals surface area (Å²) in [6.07, 6.45) is -3.04. The predicted molar refractivity (Wildman–Crippen MR) is 57.1 cm³/mol. The average molecular weight is 246 g/mol. The molecule has 1 aromatic rings. The Kier molecular flexibility index (Phi) is 4.03. The van der Waals surface area contributed by atoms with Gasteiger partial charge in [-0.25, -0.2) is 4.18 Å². The smallest absolute Gasteiger partial charge is 0.299 e. The summed E-state index contributed by atoms with van der Waals surface area (Å²) in [5.41, 5.74) is 0.912. The lowest BCUT2D eigenvalue weighted by atomic mass is 10.2. The quantitative estimate of drug-likeness (QED) is 0.593. The minimum absolute atomic E-state index is 0.0576. The average Bonchev–Trinajstić information content (AvgIpc) is 2.17. The first-order valence-electron chi connectivity index (χ1n) is 4.69. The molecule has 0 saturated carbocycles. The van der Waals surface area contributed by atoms with E-state index in [1.165, 1.54) is 19.1 Å². The van der Waals surface area contributed by atoms with Gasteiger partial charge < -0.3 is 10.2 Å². The Balaban J connectivity index is 2.90. The predicted octanol–water partition coefficient (Wildman–Crippen LogP) is 0.400. The molecule has 90 valence electrons. The van der Waals surface area contributed by atoms with Crippen LogP contribution in [-0.2, 0) is 14.3 Å². The molecular formula is C10H14O5S. The molecule has 0 amide bonds. The lowest BCUT2D eigenvalue weighted by molar-refractivity contribution is -0.0923. The van der Waals surface area contributed by atoms with E-state index in [2.05, 4.69) is 4.18 Å². The van der Waals surface area contributed by atoms with Gasteiger partial charge >= 0.3 is 0 Å². The number of hydrogen-bond donors (Lipinski definition) is 2. The standard InChI is InChI=1S/C10H14O5S/c1-7-3-5-9(6-4-7)16(13,14)15-10(12)8(2)11/h3-6,8,10-12H,1-2H3/t8-,10?/m1/s1. The van der Waals surface area contributed by atoms with E-state index >= 15 is 0 Å². The van der Waals surface area contributed by atoms with Crippen molar-refractivity contribution in [3.63, 3.8) is 0 Å². The van der Waals surface area contributed by atoms with Gasteiger partial charge in [0.2, 0.25) is 0 Å². The van der Waals surface area contributed by atoms with Crippen molar-refractivity contribution in [3.05, 3.63) is 29.8 Å². The molecule has 0 aromatic heterocycles. The van der Waals surface area contributed by atoms with Gasteiger partial charge in [-0.1, -0.05) is 17.7 Å². The molecule has 0 spiro atoms. The maximum atomic E-state index is 11.6. The lowest BCUT2D eigenvalue weighted by Gasteiger charge is -2.14. The van der Waals surface area contributed by atoms with Gasteiger partial charge in [-0.3, -0.25) is 0 Å². The van der Waals surface area contributed by atoms with Crippen LogP contribution in [0, 0.1) is 6.92 Å². The molecule has 1 unspecified atom stereocenters. The largest absolute Gasteiger partial charge is 0.388 e. The second kappa shape index (κ2) is 4.92. The number of aliphatic hydroxyl groups excluding tert-OH is 2. The zero-order chi connectivity index (χ0) is 12.3. The van der Waals surface area contributed by atoms with Gasteiger partial charge in [0.1, 0.15) is 6.10 Å². The number of aryl methyl sites for hydroxylation is 1. The lowest BCUT2D eigenvalue weighted by Crippen LogP contribution is -2.28. The molecule has 1 aromatic carbocycles. The topological polar surface area (TPSA) is 83.8 Å². The zero-order valence-corrected chi connectivity index (χ0v) is 9.81. The maximum absolute atomic E-state index is 11.6. The van der Waals surface area contributed by atoms with Crippen LogP contribution in [0.5, 0.6) is 0 Å². The molecule has 6 heteroatoms. The van der Waals surface area contributed by atoms with Gasteiger partial charge in [-0.05, 0) is 26.0 Å². The molecule has 0 aliphatic rings. The molecule has 0 aliphatic carbocycles. The zero-order valence-electron chi connectivity index (χ0n) is 8.99. The monoisotopic (exact) mass is 246 g/mol. The van der Waals surface area contributed by atoms with E-state index in [0.29, 0.717) is 0 Å². The maximum Gasteiger partial charge on any atom is 0.299 e. The van der Waals surface area contributed by atoms with Crippen molar-refractivity contribution in [2.24, 2.45) is 0 Å². The van der Waals surface area contributed by atoms with Crippen molar-refractivity contribution in [2.45, 2.75) is 31.1 Å². The first-order chi connectivity index (χ1) is 7.33. The molecule has 0 heterocycles. The molecule has 2 atom stereocenters. The summed E-state index contributed by atoms with van der Waals surface area (Å²) in [6.45, 7) is 3.05. The third-order valence-corrected chi connectivity index (χ3v) is 3.25. The van der Waals surface area contributed by atoms with Crippen molar-refractivity contribution in [1.82, 2.24) is 0 Å². The van der Waals surface area contributed by atoms with Gasteiger partial charge in [0.15, 0.2) is 6.29 Å². The fourth-order valence-corrected chi connectivity index (χ4v) is 1.97. The Morgan fingerprint density at radius 3 is 2.12 bits per heavy atom. The second-order valence-corrected chi connectivity index (χ2v) is 5.07. The van der Waals surface area contributed by atoms with Crippen molar-refractivity contribution in [2.75, 3.05) is 0 Å². The van der Waals surface area contributed by atoms with Crippen molar-refractivity contribution >= 4 is 10.1 Å². The SMILES string of the molecule is Cc1ccc(S(=O)(=O)OC(O)[C@@H](C)O)cc1. The summed E-state index contributed by atoms with van der Waals surface area (Å²) in [6, 6.07) is 5.98. The third kappa shape index (κ3) is 3.28. The van der Waals surface area contributed by atoms with Crippen LogP contribution in [0.1, 0.15) is 12.5 Å². The van der Waals surface area contributed by atoms with Gasteiger partial charge in [-0.2, -0.15) is 8.42 Å². The molecule has 16 heavy (non-hydrogen) atoms. The molecule has 2 N–H and O–H groups in total. The minimum Gasteiger partial charge on any atom is -0.388 e. The fourth-order valence-electron chi connectivity index (χ4n) is 0.971. The molecule has 0 fully saturated rings. The number of hydrogen-bond acceptors (Lipinski definition) is 5. The van der Waals surface area contributed by atoms with E-state index in [1.807, 2.05) is 6.92 Å². The van der Waals surface area contributed by atoms with E-state index < -0.39 is 22.5 Å². The van der Waals surface area contributed by atoms with Crippen LogP contribution in [-0.4, -0.2) is 31.0 Å². The highest BCUT2D eigenvalue weighted by Crippen LogP contribution is 2.15. The summed E-state index contributed by atoms with van der Waals surface area (Å²) in [4.78, 5) is -0.0576. The Hall–Kier alpha value is -0.950. The molecule has 5 nitrogen and oxygen atoms in total. The number of benzene rings is 1. The Labute approximate surface area is 94.4 Å². The molecular weight excluding hydrogens is 232 g/mol. The summed E-state index contributed by atoms with van der Waals surface area (Å²) in [5, 5.41) is 18.1. The van der Waals surface area contributed by atoms with Crippen LogP contribution in [0.15, 0.2) is 29.2 Å². The van der Waals surface area contributed by atoms with Gasteiger partial charge in [0, 0.05) is 0 Å². The van der Waals surface area contributed by atoms with E-state index in [-0.39, 0.29) is 4.90 Å². The minimum atomic E-state index is -4.03. The third-order valence-electron chi connectivity index (χ3n) is 1.95. The van der Waals surface area contributed by atoms with E-state index in [0.717, 1.165) is 5.56 Å². The molecule has 0 saturated heterocycles. The molecule has 0 aliphatic heterocycles. The Morgan fingerprint density at radius 1 is 1.19 bits per heavy atom. The molecule has 1 rings (SSSR count). The van der Waals surface area contributed by atoms with Crippen molar-refractivity contribution < 1.29 is 22.8 Å². The second-order valence-electron chi connectivity index (χ2n) is 3.49. The summed E-state index contributed by atoms with van der Waals surface area (Å²) >= 11 is 0. The molecule has 0 bridgehead atoms. The van der Waals surface area contributed by atoms with Gasteiger partial charge in [0.25, 0.3) is 10.1 Å². The van der Waals surface area contributed by atoms with Crippen LogP contribution in [0.4, 0.5) is 0 Å². The first-order valence-corrected chi connectivity index (χ1v) is 6.10. The molecule has 0 radical (unpaired) electrons. The first kappa shape index (κ1) is 13.1. The highest BCUT2D eigenvalue weighted by molar-refractivity contribution is 7.86. The number of rotatable bonds is 4. The van der Waals surface area contributed by atoms with E-state index in [9.17, 15) is 8.42 Å². The van der Waals surface area contributed by atoms with E-state index in [1.54, 1.807) is 12.1 Å². The van der Waals surface area contributed by atoms with Crippen LogP contribution < -0.4 is 0 Å². The van der Waals surface area contributed by atoms with Gasteiger partial charge in [0.05, 0.1) is 4.90 Å². The highest BCUT2D eigenvalue weighted by atomic mass is 32.2. The Bertz CT molecular complexity index is 435. The number of aliphatic hydroxyl groups is 2. The summed E-state index contributed by atoms with van der Waals surface area (Å²) < 4.78 is 27.5. The normalized spacial score (nSPS) is 15.8. The van der Waals surface area contributed by atoms with Crippen LogP contribution in [0.25, 0.3) is 0 Å².